The zero-order valence-electron chi connectivity index (χ0n) is 15.5. The third-order valence-electron chi connectivity index (χ3n) is 5.03. The maximum absolute atomic E-state index is 4.82. The Morgan fingerprint density at radius 2 is 1.81 bits per heavy atom. The quantitative estimate of drug-likeness (QED) is 0.771. The number of piperidine rings is 1. The molecule has 0 radical (unpaired) electrons. The number of benzene rings is 1. The number of hydrogen-bond acceptors (Lipinski definition) is 6. The van der Waals surface area contributed by atoms with Crippen molar-refractivity contribution in [3.63, 3.8) is 0 Å². The molecule has 2 aromatic heterocycles. The van der Waals surface area contributed by atoms with Gasteiger partial charge in [0, 0.05) is 31.2 Å². The zero-order chi connectivity index (χ0) is 18.1. The van der Waals surface area contributed by atoms with Gasteiger partial charge < -0.3 is 10.2 Å². The number of rotatable bonds is 3. The Hall–Kier alpha value is -2.76. The number of aryl methyl sites for hydroxylation is 2. The first-order valence-electron chi connectivity index (χ1n) is 9.18. The third-order valence-corrected chi connectivity index (χ3v) is 5.03. The molecule has 6 nitrogen and oxygen atoms in total. The first-order chi connectivity index (χ1) is 12.6. The van der Waals surface area contributed by atoms with Crippen molar-refractivity contribution >= 4 is 28.6 Å². The Bertz CT molecular complexity index is 931. The molecular weight excluding hydrogens is 324 g/mol. The van der Waals surface area contributed by atoms with E-state index < -0.39 is 0 Å². The predicted molar refractivity (Wildman–Crippen MR) is 105 cm³/mol. The molecule has 0 bridgehead atoms. The lowest BCUT2D eigenvalue weighted by atomic mass is 10.00. The molecule has 1 aromatic carbocycles. The van der Waals surface area contributed by atoms with Crippen LogP contribution in [0.5, 0.6) is 0 Å². The number of nitrogens with one attached hydrogen (secondary N) is 1. The van der Waals surface area contributed by atoms with E-state index in [0.29, 0.717) is 17.0 Å². The molecule has 3 aromatic rings. The number of nitrogens with zero attached hydrogens (tertiary/aromatic N) is 5. The molecule has 1 aliphatic rings. The van der Waals surface area contributed by atoms with Crippen LogP contribution >= 0.6 is 0 Å². The number of hydrogen-bond donors (Lipinski definition) is 1. The summed E-state index contributed by atoms with van der Waals surface area (Å²) >= 11 is 0. The molecule has 0 saturated carbocycles. The van der Waals surface area contributed by atoms with Crippen LogP contribution in [0.15, 0.2) is 30.6 Å². The highest BCUT2D eigenvalue weighted by Gasteiger charge is 2.20. The topological polar surface area (TPSA) is 66.8 Å². The van der Waals surface area contributed by atoms with Crippen molar-refractivity contribution in [3.05, 3.63) is 41.7 Å². The highest BCUT2D eigenvalue weighted by atomic mass is 15.3. The number of fused-ring (bicyclic) bond motifs is 1. The fourth-order valence-electron chi connectivity index (χ4n) is 3.29. The monoisotopic (exact) mass is 348 g/mol. The molecule has 26 heavy (non-hydrogen) atoms. The second-order valence-corrected chi connectivity index (χ2v) is 7.21. The van der Waals surface area contributed by atoms with E-state index in [1.807, 2.05) is 0 Å². The predicted octanol–water partition coefficient (Wildman–Crippen LogP) is 4.02. The average Bonchev–Trinajstić information content (AvgIpc) is 2.65. The molecule has 0 unspecified atom stereocenters. The fraction of sp³-hybridized carbons (Fsp3) is 0.400. The largest absolute Gasteiger partial charge is 0.341 e. The summed E-state index contributed by atoms with van der Waals surface area (Å²) in [6, 6.07) is 6.35. The van der Waals surface area contributed by atoms with E-state index in [9.17, 15) is 0 Å². The summed E-state index contributed by atoms with van der Waals surface area (Å²) in [6.45, 7) is 8.44. The Balaban J connectivity index is 1.76. The van der Waals surface area contributed by atoms with Gasteiger partial charge in [0.1, 0.15) is 0 Å². The van der Waals surface area contributed by atoms with Crippen LogP contribution in [-0.4, -0.2) is 33.0 Å². The molecule has 6 heteroatoms. The standard InChI is InChI=1S/C20H24N6/c1-13-6-10-26(11-7-13)20-24-18-17(21-8-9-22-18)19(25-20)23-16-12-14(2)4-5-15(16)3/h4-5,8-9,12-13H,6-7,10-11H2,1-3H3,(H,22,23,24,25). The molecule has 0 aliphatic carbocycles. The van der Waals surface area contributed by atoms with Crippen LogP contribution < -0.4 is 10.2 Å². The minimum atomic E-state index is 0.629. The summed E-state index contributed by atoms with van der Waals surface area (Å²) in [6.07, 6.45) is 5.70. The number of anilines is 3. The maximum atomic E-state index is 4.82. The minimum Gasteiger partial charge on any atom is -0.341 e. The summed E-state index contributed by atoms with van der Waals surface area (Å²) in [4.78, 5) is 20.6. The summed E-state index contributed by atoms with van der Waals surface area (Å²) in [5.74, 6) is 2.21. The molecule has 0 atom stereocenters. The lowest BCUT2D eigenvalue weighted by Crippen LogP contribution is -2.34. The van der Waals surface area contributed by atoms with E-state index in [0.717, 1.165) is 30.6 Å². The van der Waals surface area contributed by atoms with E-state index in [1.54, 1.807) is 12.4 Å². The first-order valence-corrected chi connectivity index (χ1v) is 9.18. The van der Waals surface area contributed by atoms with E-state index in [-0.39, 0.29) is 0 Å². The summed E-state index contributed by atoms with van der Waals surface area (Å²) in [5.41, 5.74) is 4.73. The van der Waals surface area contributed by atoms with Crippen molar-refractivity contribution in [2.24, 2.45) is 5.92 Å². The molecule has 134 valence electrons. The van der Waals surface area contributed by atoms with Crippen LogP contribution in [0.3, 0.4) is 0 Å². The Kier molecular flexibility index (Phi) is 4.41. The molecule has 0 spiro atoms. The summed E-state index contributed by atoms with van der Waals surface area (Å²) in [7, 11) is 0. The van der Waals surface area contributed by atoms with E-state index in [2.05, 4.69) is 64.1 Å². The minimum absolute atomic E-state index is 0.629. The van der Waals surface area contributed by atoms with Gasteiger partial charge in [0.25, 0.3) is 0 Å². The SMILES string of the molecule is Cc1ccc(C)c(Nc2nc(N3CCC(C)CC3)nc3nccnc23)c1. The number of aromatic nitrogens is 4. The molecule has 1 saturated heterocycles. The van der Waals surface area contributed by atoms with Crippen molar-refractivity contribution in [1.29, 1.82) is 0 Å². The van der Waals surface area contributed by atoms with Gasteiger partial charge >= 0.3 is 0 Å². The van der Waals surface area contributed by atoms with Crippen LogP contribution in [0, 0.1) is 19.8 Å². The van der Waals surface area contributed by atoms with Crippen LogP contribution in [0.4, 0.5) is 17.5 Å². The van der Waals surface area contributed by atoms with E-state index >= 15 is 0 Å². The smallest absolute Gasteiger partial charge is 0.229 e. The van der Waals surface area contributed by atoms with Gasteiger partial charge in [-0.2, -0.15) is 9.97 Å². The molecule has 1 N–H and O–H groups in total. The van der Waals surface area contributed by atoms with Crippen LogP contribution in [-0.2, 0) is 0 Å². The van der Waals surface area contributed by atoms with Gasteiger partial charge in [0.15, 0.2) is 17.0 Å². The van der Waals surface area contributed by atoms with Gasteiger partial charge in [0.2, 0.25) is 5.95 Å². The maximum Gasteiger partial charge on any atom is 0.229 e. The molecule has 3 heterocycles. The fourth-order valence-corrected chi connectivity index (χ4v) is 3.29. The normalized spacial score (nSPS) is 15.4. The third kappa shape index (κ3) is 3.31. The van der Waals surface area contributed by atoms with E-state index in [1.165, 1.54) is 24.0 Å². The second kappa shape index (κ2) is 6.86. The van der Waals surface area contributed by atoms with Gasteiger partial charge in [-0.1, -0.05) is 19.1 Å². The molecular formula is C20H24N6. The molecule has 0 amide bonds. The Labute approximate surface area is 153 Å². The van der Waals surface area contributed by atoms with Crippen LogP contribution in [0.2, 0.25) is 0 Å². The lowest BCUT2D eigenvalue weighted by Gasteiger charge is -2.30. The lowest BCUT2D eigenvalue weighted by molar-refractivity contribution is 0.435. The second-order valence-electron chi connectivity index (χ2n) is 7.21. The molecule has 1 fully saturated rings. The van der Waals surface area contributed by atoms with Gasteiger partial charge in [0.05, 0.1) is 0 Å². The van der Waals surface area contributed by atoms with Crippen molar-refractivity contribution in [3.8, 4) is 0 Å². The Morgan fingerprint density at radius 3 is 2.62 bits per heavy atom. The van der Waals surface area contributed by atoms with E-state index in [4.69, 9.17) is 4.98 Å². The van der Waals surface area contributed by atoms with Crippen molar-refractivity contribution in [2.45, 2.75) is 33.6 Å². The first kappa shape index (κ1) is 16.7. The highest BCUT2D eigenvalue weighted by molar-refractivity contribution is 5.86. The van der Waals surface area contributed by atoms with Crippen molar-refractivity contribution in [1.82, 2.24) is 19.9 Å². The van der Waals surface area contributed by atoms with Crippen molar-refractivity contribution < 1.29 is 0 Å². The van der Waals surface area contributed by atoms with Gasteiger partial charge in [-0.05, 0) is 49.8 Å². The zero-order valence-corrected chi connectivity index (χ0v) is 15.5. The summed E-state index contributed by atoms with van der Waals surface area (Å²) < 4.78 is 0. The van der Waals surface area contributed by atoms with Gasteiger partial charge in [-0.15, -0.1) is 0 Å². The molecule has 4 rings (SSSR count). The van der Waals surface area contributed by atoms with Crippen LogP contribution in [0.1, 0.15) is 30.9 Å². The van der Waals surface area contributed by atoms with Gasteiger partial charge in [-0.25, -0.2) is 9.97 Å². The van der Waals surface area contributed by atoms with Crippen LogP contribution in [0.25, 0.3) is 11.2 Å². The molecule has 1 aliphatic heterocycles. The van der Waals surface area contributed by atoms with Gasteiger partial charge in [-0.3, -0.25) is 0 Å². The highest BCUT2D eigenvalue weighted by Crippen LogP contribution is 2.28. The average molecular weight is 348 g/mol. The Morgan fingerprint density at radius 1 is 1.04 bits per heavy atom. The summed E-state index contributed by atoms with van der Waals surface area (Å²) in [5, 5.41) is 3.46. The van der Waals surface area contributed by atoms with Crippen molar-refractivity contribution in [2.75, 3.05) is 23.3 Å².